The number of aromatic nitrogens is 2. The Morgan fingerprint density at radius 2 is 2.15 bits per heavy atom. The zero-order valence-electron chi connectivity index (χ0n) is 15.3. The minimum absolute atomic E-state index is 0.135. The highest BCUT2D eigenvalue weighted by molar-refractivity contribution is 5.60. The highest BCUT2D eigenvalue weighted by Gasteiger charge is 2.27. The third-order valence-corrected chi connectivity index (χ3v) is 5.52. The molecule has 7 heteroatoms. The number of nitrogens with zero attached hydrogens (tertiary/aromatic N) is 4. The first-order chi connectivity index (χ1) is 13.3. The van der Waals surface area contributed by atoms with Crippen LogP contribution >= 0.6 is 0 Å². The molecule has 0 spiro atoms. The van der Waals surface area contributed by atoms with E-state index in [1.54, 1.807) is 6.07 Å². The van der Waals surface area contributed by atoms with E-state index in [9.17, 15) is 9.65 Å². The molecule has 1 N–H and O–H groups in total. The summed E-state index contributed by atoms with van der Waals surface area (Å²) in [5.41, 5.74) is 3.22. The van der Waals surface area contributed by atoms with Gasteiger partial charge < -0.3 is 9.64 Å². The van der Waals surface area contributed by atoms with Crippen molar-refractivity contribution < 1.29 is 9.13 Å². The molecule has 142 valence electrons. The minimum atomic E-state index is -0.452. The average Bonchev–Trinajstić information content (AvgIpc) is 3.17. The molecule has 0 aliphatic carbocycles. The molecule has 0 saturated carbocycles. The second-order valence-electron chi connectivity index (χ2n) is 7.23. The number of benzene rings is 1. The summed E-state index contributed by atoms with van der Waals surface area (Å²) in [6.07, 6.45) is 3.99. The van der Waals surface area contributed by atoms with Crippen molar-refractivity contribution in [3.63, 3.8) is 0 Å². The topological polar surface area (TPSA) is 68.2 Å². The van der Waals surface area contributed by atoms with E-state index in [1.165, 1.54) is 17.3 Å². The Bertz CT molecular complexity index is 824. The first-order valence-electron chi connectivity index (χ1n) is 9.52. The van der Waals surface area contributed by atoms with Gasteiger partial charge in [-0.1, -0.05) is 6.07 Å². The van der Waals surface area contributed by atoms with Crippen LogP contribution in [0.1, 0.15) is 35.6 Å². The molecule has 6 nitrogen and oxygen atoms in total. The molecule has 1 aromatic carbocycles. The maximum absolute atomic E-state index is 14.0. The number of piperidine rings is 1. The molecule has 27 heavy (non-hydrogen) atoms. The molecule has 2 saturated heterocycles. The number of morpholine rings is 1. The number of aromatic amines is 1. The molecule has 0 amide bonds. The van der Waals surface area contributed by atoms with Gasteiger partial charge in [0.25, 0.3) is 0 Å². The summed E-state index contributed by atoms with van der Waals surface area (Å²) in [5, 5.41) is 16.9. The van der Waals surface area contributed by atoms with Crippen molar-refractivity contribution in [3.8, 4) is 6.07 Å². The van der Waals surface area contributed by atoms with Crippen molar-refractivity contribution in [2.45, 2.75) is 25.3 Å². The molecule has 2 aromatic rings. The van der Waals surface area contributed by atoms with E-state index >= 15 is 0 Å². The first kappa shape index (κ1) is 18.0. The van der Waals surface area contributed by atoms with Gasteiger partial charge in [-0.25, -0.2) is 4.39 Å². The molecule has 4 rings (SSSR count). The van der Waals surface area contributed by atoms with Crippen LogP contribution in [0.2, 0.25) is 0 Å². The van der Waals surface area contributed by atoms with Crippen LogP contribution in [0, 0.1) is 17.1 Å². The normalized spacial score (nSPS) is 21.2. The Morgan fingerprint density at radius 3 is 2.96 bits per heavy atom. The molecular formula is C20H24FN5O. The SMILES string of the molecule is N#Cc1c(F)cccc1N1CCC[C@H](c2[nH]ncc2CN2CCOCC2)C1. The quantitative estimate of drug-likeness (QED) is 0.897. The lowest BCUT2D eigenvalue weighted by atomic mass is 9.91. The van der Waals surface area contributed by atoms with Gasteiger partial charge in [0.1, 0.15) is 17.4 Å². The van der Waals surface area contributed by atoms with Crippen LogP contribution in [-0.4, -0.2) is 54.5 Å². The number of nitriles is 1. The fourth-order valence-electron chi connectivity index (χ4n) is 4.12. The highest BCUT2D eigenvalue weighted by Crippen LogP contribution is 2.33. The van der Waals surface area contributed by atoms with E-state index in [0.717, 1.165) is 58.8 Å². The summed E-state index contributed by atoms with van der Waals surface area (Å²) in [6.45, 7) is 5.90. The van der Waals surface area contributed by atoms with Gasteiger partial charge in [0.2, 0.25) is 0 Å². The standard InChI is InChI=1S/C20H24FN5O/c21-18-4-1-5-19(17(18)11-22)26-6-2-3-15(14-26)20-16(12-23-24-20)13-25-7-9-27-10-8-25/h1,4-5,12,15H,2-3,6-10,13-14H2,(H,23,24)/t15-/m0/s1. The number of hydrogen-bond acceptors (Lipinski definition) is 5. The summed E-state index contributed by atoms with van der Waals surface area (Å²) in [6, 6.07) is 6.88. The first-order valence-corrected chi connectivity index (χ1v) is 9.52. The van der Waals surface area contributed by atoms with Gasteiger partial charge in [0, 0.05) is 49.9 Å². The van der Waals surface area contributed by atoms with Gasteiger partial charge in [-0.2, -0.15) is 10.4 Å². The Hall–Kier alpha value is -2.43. The van der Waals surface area contributed by atoms with Crippen molar-refractivity contribution in [2.75, 3.05) is 44.3 Å². The summed E-state index contributed by atoms with van der Waals surface area (Å²) in [4.78, 5) is 4.52. The summed E-state index contributed by atoms with van der Waals surface area (Å²) >= 11 is 0. The van der Waals surface area contributed by atoms with Crippen LogP contribution in [0.5, 0.6) is 0 Å². The van der Waals surface area contributed by atoms with Crippen LogP contribution in [0.15, 0.2) is 24.4 Å². The fourth-order valence-corrected chi connectivity index (χ4v) is 4.12. The van der Waals surface area contributed by atoms with E-state index in [4.69, 9.17) is 4.74 Å². The summed E-state index contributed by atoms with van der Waals surface area (Å²) in [5.74, 6) is -0.154. The summed E-state index contributed by atoms with van der Waals surface area (Å²) < 4.78 is 19.5. The summed E-state index contributed by atoms with van der Waals surface area (Å²) in [7, 11) is 0. The van der Waals surface area contributed by atoms with E-state index in [1.807, 2.05) is 18.3 Å². The van der Waals surface area contributed by atoms with Gasteiger partial charge in [-0.15, -0.1) is 0 Å². The molecule has 1 aromatic heterocycles. The highest BCUT2D eigenvalue weighted by atomic mass is 19.1. The Labute approximate surface area is 158 Å². The van der Waals surface area contributed by atoms with Crippen LogP contribution in [0.3, 0.4) is 0 Å². The smallest absolute Gasteiger partial charge is 0.143 e. The minimum Gasteiger partial charge on any atom is -0.379 e. The largest absolute Gasteiger partial charge is 0.379 e. The van der Waals surface area contributed by atoms with Crippen molar-refractivity contribution >= 4 is 5.69 Å². The van der Waals surface area contributed by atoms with E-state index in [0.29, 0.717) is 11.6 Å². The molecule has 0 bridgehead atoms. The zero-order valence-corrected chi connectivity index (χ0v) is 15.3. The van der Waals surface area contributed by atoms with Crippen molar-refractivity contribution in [1.29, 1.82) is 5.26 Å². The van der Waals surface area contributed by atoms with Crippen LogP contribution in [0.4, 0.5) is 10.1 Å². The average molecular weight is 369 g/mol. The predicted octanol–water partition coefficient (Wildman–Crippen LogP) is 2.64. The van der Waals surface area contributed by atoms with Gasteiger partial charge in [-0.05, 0) is 25.0 Å². The molecule has 1 atom stereocenters. The van der Waals surface area contributed by atoms with Crippen LogP contribution < -0.4 is 4.90 Å². The van der Waals surface area contributed by atoms with Crippen LogP contribution in [-0.2, 0) is 11.3 Å². The Balaban J connectivity index is 1.52. The van der Waals surface area contributed by atoms with Crippen LogP contribution in [0.25, 0.3) is 0 Å². The Kier molecular flexibility index (Phi) is 5.37. The molecule has 0 unspecified atom stereocenters. The zero-order chi connectivity index (χ0) is 18.6. The van der Waals surface area contributed by atoms with Crippen molar-refractivity contribution in [3.05, 3.63) is 47.0 Å². The third kappa shape index (κ3) is 3.82. The molecule has 3 heterocycles. The molecular weight excluding hydrogens is 345 g/mol. The predicted molar refractivity (Wildman–Crippen MR) is 100.0 cm³/mol. The lowest BCUT2D eigenvalue weighted by Crippen LogP contribution is -2.37. The lowest BCUT2D eigenvalue weighted by Gasteiger charge is -2.35. The second-order valence-corrected chi connectivity index (χ2v) is 7.23. The van der Waals surface area contributed by atoms with E-state index in [-0.39, 0.29) is 5.56 Å². The molecule has 2 fully saturated rings. The van der Waals surface area contributed by atoms with Gasteiger partial charge in [-0.3, -0.25) is 10.00 Å². The molecule has 0 radical (unpaired) electrons. The maximum Gasteiger partial charge on any atom is 0.143 e. The third-order valence-electron chi connectivity index (χ3n) is 5.52. The lowest BCUT2D eigenvalue weighted by molar-refractivity contribution is 0.0340. The number of nitrogens with one attached hydrogen (secondary N) is 1. The monoisotopic (exact) mass is 369 g/mol. The Morgan fingerprint density at radius 1 is 1.30 bits per heavy atom. The van der Waals surface area contributed by atoms with E-state index in [2.05, 4.69) is 20.0 Å². The second kappa shape index (κ2) is 8.07. The number of H-pyrrole nitrogens is 1. The van der Waals surface area contributed by atoms with Gasteiger partial charge in [0.15, 0.2) is 0 Å². The van der Waals surface area contributed by atoms with Crippen molar-refractivity contribution in [2.24, 2.45) is 0 Å². The van der Waals surface area contributed by atoms with Gasteiger partial charge >= 0.3 is 0 Å². The fraction of sp³-hybridized carbons (Fsp3) is 0.500. The van der Waals surface area contributed by atoms with E-state index < -0.39 is 5.82 Å². The van der Waals surface area contributed by atoms with Crippen molar-refractivity contribution in [1.82, 2.24) is 15.1 Å². The van der Waals surface area contributed by atoms with Gasteiger partial charge in [0.05, 0.1) is 25.1 Å². The number of anilines is 1. The number of rotatable bonds is 4. The molecule has 2 aliphatic heterocycles. The maximum atomic E-state index is 14.0. The molecule has 2 aliphatic rings. The number of halogens is 1. The number of hydrogen-bond donors (Lipinski definition) is 1. The number of ether oxygens (including phenoxy) is 1.